The summed E-state index contributed by atoms with van der Waals surface area (Å²) in [5.74, 6) is 2.70. The van der Waals surface area contributed by atoms with E-state index >= 15 is 0 Å². The molecule has 1 saturated carbocycles. The maximum Gasteiger partial charge on any atom is 0.241 e. The van der Waals surface area contributed by atoms with Gasteiger partial charge in [0.25, 0.3) is 0 Å². The Morgan fingerprint density at radius 2 is 2.10 bits per heavy atom. The van der Waals surface area contributed by atoms with E-state index in [0.29, 0.717) is 23.6 Å². The number of benzene rings is 1. The van der Waals surface area contributed by atoms with Crippen LogP contribution in [0.4, 0.5) is 4.39 Å². The van der Waals surface area contributed by atoms with E-state index in [9.17, 15) is 4.39 Å². The van der Waals surface area contributed by atoms with Crippen LogP contribution in [0.25, 0.3) is 5.57 Å². The van der Waals surface area contributed by atoms with Crippen LogP contribution in [0, 0.1) is 17.7 Å². The second-order valence-corrected chi connectivity index (χ2v) is 5.62. The van der Waals surface area contributed by atoms with E-state index in [-0.39, 0.29) is 11.7 Å². The van der Waals surface area contributed by atoms with Gasteiger partial charge in [0.15, 0.2) is 5.82 Å². The summed E-state index contributed by atoms with van der Waals surface area (Å²) in [5, 5.41) is 3.99. The number of allylic oxidation sites excluding steroid dienone is 2. The zero-order valence-electron chi connectivity index (χ0n) is 10.6. The number of fused-ring (bicyclic) bond motifs is 1. The second kappa shape index (κ2) is 4.42. The standard InChI is InChI=1S/C15H12ClFN2O/c16-7-13-18-15(19-20-13)14-11-5-9(6-12(11)14)8-1-3-10(17)4-2-8/h1-5,11-12,14H,6-7H2/t11-,12+,14+/m0/s1. The van der Waals surface area contributed by atoms with Crippen molar-refractivity contribution in [1.82, 2.24) is 10.1 Å². The molecule has 3 atom stereocenters. The molecule has 0 unspecified atom stereocenters. The van der Waals surface area contributed by atoms with Gasteiger partial charge < -0.3 is 4.52 Å². The van der Waals surface area contributed by atoms with Crippen LogP contribution in [-0.2, 0) is 5.88 Å². The molecule has 1 fully saturated rings. The molecule has 0 aliphatic heterocycles. The summed E-state index contributed by atoms with van der Waals surface area (Å²) in [6, 6.07) is 6.68. The van der Waals surface area contributed by atoms with Crippen LogP contribution >= 0.6 is 11.6 Å². The number of hydrogen-bond acceptors (Lipinski definition) is 3. The molecule has 2 aromatic rings. The van der Waals surface area contributed by atoms with Crippen LogP contribution in [0.5, 0.6) is 0 Å². The van der Waals surface area contributed by atoms with Gasteiger partial charge in [0.1, 0.15) is 11.7 Å². The number of halogens is 2. The smallest absolute Gasteiger partial charge is 0.241 e. The number of alkyl halides is 1. The van der Waals surface area contributed by atoms with Crippen LogP contribution in [0.1, 0.15) is 29.6 Å². The molecule has 1 heterocycles. The zero-order valence-corrected chi connectivity index (χ0v) is 11.3. The van der Waals surface area contributed by atoms with Gasteiger partial charge in [-0.2, -0.15) is 4.98 Å². The highest BCUT2D eigenvalue weighted by atomic mass is 35.5. The lowest BCUT2D eigenvalue weighted by molar-refractivity contribution is 0.383. The minimum absolute atomic E-state index is 0.198. The Balaban J connectivity index is 1.53. The van der Waals surface area contributed by atoms with E-state index < -0.39 is 0 Å². The molecule has 2 aliphatic rings. The fraction of sp³-hybridized carbons (Fsp3) is 0.333. The Kier molecular flexibility index (Phi) is 2.67. The van der Waals surface area contributed by atoms with Crippen LogP contribution in [0.3, 0.4) is 0 Å². The van der Waals surface area contributed by atoms with E-state index in [1.807, 2.05) is 12.1 Å². The molecule has 0 bridgehead atoms. The highest BCUT2D eigenvalue weighted by Gasteiger charge is 2.55. The summed E-state index contributed by atoms with van der Waals surface area (Å²) in [4.78, 5) is 4.29. The summed E-state index contributed by atoms with van der Waals surface area (Å²) >= 11 is 5.66. The summed E-state index contributed by atoms with van der Waals surface area (Å²) in [6.45, 7) is 0. The molecule has 5 heteroatoms. The molecule has 4 rings (SSSR count). The number of aromatic nitrogens is 2. The molecular formula is C15H12ClFN2O. The van der Waals surface area contributed by atoms with Crippen LogP contribution in [0.15, 0.2) is 34.9 Å². The Hall–Kier alpha value is -1.68. The predicted octanol–water partition coefficient (Wildman–Crippen LogP) is 3.76. The maximum atomic E-state index is 12.9. The fourth-order valence-electron chi connectivity index (χ4n) is 3.14. The lowest BCUT2D eigenvalue weighted by Crippen LogP contribution is -1.92. The van der Waals surface area contributed by atoms with Gasteiger partial charge in [-0.1, -0.05) is 23.4 Å². The van der Waals surface area contributed by atoms with Gasteiger partial charge in [-0.15, -0.1) is 11.6 Å². The Morgan fingerprint density at radius 1 is 1.30 bits per heavy atom. The Labute approximate surface area is 120 Å². The first-order chi connectivity index (χ1) is 9.76. The van der Waals surface area contributed by atoms with Gasteiger partial charge >= 0.3 is 0 Å². The summed E-state index contributed by atoms with van der Waals surface area (Å²) in [7, 11) is 0. The van der Waals surface area contributed by atoms with Crippen molar-refractivity contribution in [3.05, 3.63) is 53.4 Å². The largest absolute Gasteiger partial charge is 0.338 e. The van der Waals surface area contributed by atoms with Gasteiger partial charge in [-0.05, 0) is 41.5 Å². The minimum Gasteiger partial charge on any atom is -0.338 e. The molecule has 0 amide bonds. The van der Waals surface area contributed by atoms with Crippen LogP contribution in [0.2, 0.25) is 0 Å². The zero-order chi connectivity index (χ0) is 13.7. The maximum absolute atomic E-state index is 12.9. The van der Waals surface area contributed by atoms with Crippen LogP contribution in [-0.4, -0.2) is 10.1 Å². The number of hydrogen-bond donors (Lipinski definition) is 0. The molecule has 1 aromatic carbocycles. The monoisotopic (exact) mass is 290 g/mol. The lowest BCUT2D eigenvalue weighted by atomic mass is 10.0. The first kappa shape index (κ1) is 12.1. The van der Waals surface area contributed by atoms with Crippen molar-refractivity contribution in [3.8, 4) is 0 Å². The summed E-state index contributed by atoms with van der Waals surface area (Å²) < 4.78 is 18.0. The van der Waals surface area contributed by atoms with E-state index in [0.717, 1.165) is 17.8 Å². The summed E-state index contributed by atoms with van der Waals surface area (Å²) in [5.41, 5.74) is 2.39. The van der Waals surface area contributed by atoms with Crippen molar-refractivity contribution in [2.75, 3.05) is 0 Å². The van der Waals surface area contributed by atoms with Crippen molar-refractivity contribution in [1.29, 1.82) is 0 Å². The third-order valence-electron chi connectivity index (χ3n) is 4.19. The van der Waals surface area contributed by atoms with Gasteiger partial charge in [0.2, 0.25) is 5.89 Å². The summed E-state index contributed by atoms with van der Waals surface area (Å²) in [6.07, 6.45) is 3.25. The Bertz CT molecular complexity index is 679. The van der Waals surface area contributed by atoms with E-state index in [2.05, 4.69) is 16.2 Å². The molecule has 2 aliphatic carbocycles. The number of rotatable bonds is 3. The molecule has 102 valence electrons. The van der Waals surface area contributed by atoms with Gasteiger partial charge in [0, 0.05) is 5.92 Å². The fourth-order valence-corrected chi connectivity index (χ4v) is 3.25. The predicted molar refractivity (Wildman–Crippen MR) is 72.6 cm³/mol. The minimum atomic E-state index is -0.198. The number of nitrogens with zero attached hydrogens (tertiary/aromatic N) is 2. The average molecular weight is 291 g/mol. The first-order valence-corrected chi connectivity index (χ1v) is 7.15. The van der Waals surface area contributed by atoms with Crippen molar-refractivity contribution in [3.63, 3.8) is 0 Å². The molecule has 3 nitrogen and oxygen atoms in total. The molecule has 20 heavy (non-hydrogen) atoms. The topological polar surface area (TPSA) is 38.9 Å². The SMILES string of the molecule is Fc1ccc(C2=C[C@H]3[C@@H](C2)[C@@H]3c2noc(CCl)n2)cc1. The van der Waals surface area contributed by atoms with Crippen LogP contribution < -0.4 is 0 Å². The molecule has 0 spiro atoms. The highest BCUT2D eigenvalue weighted by Crippen LogP contribution is 2.62. The van der Waals surface area contributed by atoms with Crippen molar-refractivity contribution in [2.24, 2.45) is 11.8 Å². The Morgan fingerprint density at radius 3 is 2.70 bits per heavy atom. The first-order valence-electron chi connectivity index (χ1n) is 6.61. The highest BCUT2D eigenvalue weighted by molar-refractivity contribution is 6.16. The van der Waals surface area contributed by atoms with E-state index in [1.54, 1.807) is 0 Å². The lowest BCUT2D eigenvalue weighted by Gasteiger charge is -2.05. The van der Waals surface area contributed by atoms with E-state index in [1.165, 1.54) is 17.7 Å². The normalized spacial score (nSPS) is 27.3. The molecule has 1 aromatic heterocycles. The van der Waals surface area contributed by atoms with Crippen molar-refractivity contribution >= 4 is 17.2 Å². The average Bonchev–Trinajstić information content (AvgIpc) is 2.88. The molecular weight excluding hydrogens is 279 g/mol. The van der Waals surface area contributed by atoms with Crippen molar-refractivity contribution in [2.45, 2.75) is 18.2 Å². The molecule has 0 N–H and O–H groups in total. The van der Waals surface area contributed by atoms with Gasteiger partial charge in [0.05, 0.1) is 0 Å². The third-order valence-corrected chi connectivity index (χ3v) is 4.42. The second-order valence-electron chi connectivity index (χ2n) is 5.35. The quantitative estimate of drug-likeness (QED) is 0.808. The molecule has 0 radical (unpaired) electrons. The van der Waals surface area contributed by atoms with Gasteiger partial charge in [-0.3, -0.25) is 0 Å². The third kappa shape index (κ3) is 1.86. The van der Waals surface area contributed by atoms with E-state index in [4.69, 9.17) is 16.1 Å². The van der Waals surface area contributed by atoms with Crippen molar-refractivity contribution < 1.29 is 8.91 Å². The van der Waals surface area contributed by atoms with Gasteiger partial charge in [-0.25, -0.2) is 4.39 Å². The molecule has 0 saturated heterocycles.